The minimum Gasteiger partial charge on any atom is -0.342 e. The van der Waals surface area contributed by atoms with Crippen molar-refractivity contribution in [2.45, 2.75) is 26.3 Å². The molecular formula is C24H27ClN4O3S. The standard InChI is InChI=1S/C24H27ClN4O3S/c1-2-33(31,32)29-12-6-8-19(17-29)24(30)27-26-14-20-16-28(23-11-4-3-10-22(20)23)15-18-7-5-9-21(25)13-18/h3-5,7,9-11,13-14,16,19H,2,6,8,12,15,17H2,1H3,(H,27,30). The lowest BCUT2D eigenvalue weighted by molar-refractivity contribution is -0.126. The molecule has 3 aromatic rings. The lowest BCUT2D eigenvalue weighted by Gasteiger charge is -2.30. The number of hydrogen-bond donors (Lipinski definition) is 1. The number of fused-ring (bicyclic) bond motifs is 1. The maximum Gasteiger partial charge on any atom is 0.244 e. The highest BCUT2D eigenvalue weighted by molar-refractivity contribution is 7.89. The number of nitrogens with zero attached hydrogens (tertiary/aromatic N) is 3. The molecular weight excluding hydrogens is 460 g/mol. The first-order chi connectivity index (χ1) is 15.9. The summed E-state index contributed by atoms with van der Waals surface area (Å²) in [6.07, 6.45) is 4.95. The van der Waals surface area contributed by atoms with Gasteiger partial charge in [0, 0.05) is 47.3 Å². The summed E-state index contributed by atoms with van der Waals surface area (Å²) in [7, 11) is -3.30. The van der Waals surface area contributed by atoms with Crippen LogP contribution >= 0.6 is 11.6 Å². The first-order valence-corrected chi connectivity index (χ1v) is 13.0. The van der Waals surface area contributed by atoms with Crippen LogP contribution in [0.2, 0.25) is 5.02 Å². The van der Waals surface area contributed by atoms with Crippen LogP contribution in [-0.2, 0) is 21.4 Å². The van der Waals surface area contributed by atoms with Crippen LogP contribution in [0.15, 0.2) is 59.8 Å². The van der Waals surface area contributed by atoms with Crippen LogP contribution in [0.3, 0.4) is 0 Å². The van der Waals surface area contributed by atoms with E-state index in [0.717, 1.165) is 22.0 Å². The smallest absolute Gasteiger partial charge is 0.244 e. The summed E-state index contributed by atoms with van der Waals surface area (Å²) < 4.78 is 27.8. The van der Waals surface area contributed by atoms with Gasteiger partial charge in [0.25, 0.3) is 0 Å². The first-order valence-electron chi connectivity index (χ1n) is 11.0. The van der Waals surface area contributed by atoms with Gasteiger partial charge in [-0.15, -0.1) is 0 Å². The van der Waals surface area contributed by atoms with Gasteiger partial charge in [-0.1, -0.05) is 41.9 Å². The fraction of sp³-hybridized carbons (Fsp3) is 0.333. The molecule has 1 fully saturated rings. The van der Waals surface area contributed by atoms with Crippen LogP contribution in [0, 0.1) is 5.92 Å². The van der Waals surface area contributed by atoms with E-state index in [2.05, 4.69) is 15.1 Å². The summed E-state index contributed by atoms with van der Waals surface area (Å²) in [5.41, 5.74) is 5.63. The molecule has 0 saturated carbocycles. The Kier molecular flexibility index (Phi) is 7.17. The number of carbonyl (C=O) groups excluding carboxylic acids is 1. The Morgan fingerprint density at radius 1 is 1.24 bits per heavy atom. The largest absolute Gasteiger partial charge is 0.342 e. The van der Waals surface area contributed by atoms with Crippen LogP contribution in [0.5, 0.6) is 0 Å². The van der Waals surface area contributed by atoms with Crippen LogP contribution < -0.4 is 5.43 Å². The molecule has 0 bridgehead atoms. The lowest BCUT2D eigenvalue weighted by Crippen LogP contribution is -2.45. The molecule has 4 rings (SSSR count). The van der Waals surface area contributed by atoms with Crippen molar-refractivity contribution in [3.63, 3.8) is 0 Å². The van der Waals surface area contributed by atoms with Crippen molar-refractivity contribution >= 4 is 44.6 Å². The molecule has 0 radical (unpaired) electrons. The zero-order chi connectivity index (χ0) is 23.4. The number of hydrogen-bond acceptors (Lipinski definition) is 4. The summed E-state index contributed by atoms with van der Waals surface area (Å²) >= 11 is 6.13. The van der Waals surface area contributed by atoms with E-state index >= 15 is 0 Å². The van der Waals surface area contributed by atoms with Crippen molar-refractivity contribution in [1.82, 2.24) is 14.3 Å². The Balaban J connectivity index is 1.47. The number of aromatic nitrogens is 1. The Bertz CT molecular complexity index is 1290. The van der Waals surface area contributed by atoms with E-state index in [1.165, 1.54) is 4.31 Å². The molecule has 0 aliphatic carbocycles. The number of piperidine rings is 1. The zero-order valence-electron chi connectivity index (χ0n) is 18.4. The van der Waals surface area contributed by atoms with E-state index in [9.17, 15) is 13.2 Å². The van der Waals surface area contributed by atoms with Gasteiger partial charge < -0.3 is 4.57 Å². The van der Waals surface area contributed by atoms with Gasteiger partial charge in [-0.2, -0.15) is 5.10 Å². The van der Waals surface area contributed by atoms with Gasteiger partial charge >= 0.3 is 0 Å². The number of sulfonamides is 1. The molecule has 1 aliphatic heterocycles. The van der Waals surface area contributed by atoms with Crippen LogP contribution in [-0.4, -0.2) is 48.3 Å². The minimum absolute atomic E-state index is 0.0404. The maximum atomic E-state index is 12.6. The summed E-state index contributed by atoms with van der Waals surface area (Å²) in [6.45, 7) is 2.95. The van der Waals surface area contributed by atoms with Crippen molar-refractivity contribution in [2.75, 3.05) is 18.8 Å². The third-order valence-electron chi connectivity index (χ3n) is 5.95. The van der Waals surface area contributed by atoms with Crippen LogP contribution in [0.4, 0.5) is 0 Å². The maximum absolute atomic E-state index is 12.6. The Morgan fingerprint density at radius 3 is 2.85 bits per heavy atom. The molecule has 1 aromatic heterocycles. The second-order valence-corrected chi connectivity index (χ2v) is 10.9. The van der Waals surface area contributed by atoms with E-state index in [1.54, 1.807) is 13.1 Å². The van der Waals surface area contributed by atoms with Gasteiger partial charge in [0.1, 0.15) is 0 Å². The molecule has 1 atom stereocenters. The Labute approximate surface area is 199 Å². The number of hydrazone groups is 1. The molecule has 1 N–H and O–H groups in total. The number of benzene rings is 2. The highest BCUT2D eigenvalue weighted by Gasteiger charge is 2.31. The first kappa shape index (κ1) is 23.5. The average molecular weight is 487 g/mol. The van der Waals surface area contributed by atoms with Gasteiger partial charge in [-0.3, -0.25) is 4.79 Å². The zero-order valence-corrected chi connectivity index (χ0v) is 20.0. The Hall–Kier alpha value is -2.68. The van der Waals surface area contributed by atoms with Crippen molar-refractivity contribution in [1.29, 1.82) is 0 Å². The third-order valence-corrected chi connectivity index (χ3v) is 8.04. The number of nitrogens with one attached hydrogen (secondary N) is 1. The molecule has 9 heteroatoms. The molecule has 1 unspecified atom stereocenters. The third kappa shape index (κ3) is 5.46. The minimum atomic E-state index is -3.30. The van der Waals surface area contributed by atoms with Gasteiger partial charge in [0.05, 0.1) is 17.9 Å². The van der Waals surface area contributed by atoms with Gasteiger partial charge in [-0.25, -0.2) is 18.1 Å². The molecule has 1 saturated heterocycles. The molecule has 1 aliphatic rings. The average Bonchev–Trinajstić information content (AvgIpc) is 3.16. The van der Waals surface area contributed by atoms with Crippen LogP contribution in [0.25, 0.3) is 10.9 Å². The Morgan fingerprint density at radius 2 is 2.06 bits per heavy atom. The summed E-state index contributed by atoms with van der Waals surface area (Å²) in [6, 6.07) is 15.8. The van der Waals surface area contributed by atoms with Crippen molar-refractivity contribution in [3.05, 3.63) is 70.9 Å². The molecule has 0 spiro atoms. The topological polar surface area (TPSA) is 83.8 Å². The molecule has 1 amide bonds. The molecule has 33 heavy (non-hydrogen) atoms. The number of rotatable bonds is 7. The second kappa shape index (κ2) is 10.1. The normalized spacial score (nSPS) is 17.6. The van der Waals surface area contributed by atoms with Gasteiger partial charge in [0.15, 0.2) is 0 Å². The van der Waals surface area contributed by atoms with E-state index in [0.29, 0.717) is 31.0 Å². The molecule has 174 valence electrons. The lowest BCUT2D eigenvalue weighted by atomic mass is 9.99. The fourth-order valence-electron chi connectivity index (χ4n) is 4.19. The highest BCUT2D eigenvalue weighted by atomic mass is 35.5. The van der Waals surface area contributed by atoms with E-state index < -0.39 is 15.9 Å². The number of amides is 1. The fourth-order valence-corrected chi connectivity index (χ4v) is 5.58. The summed E-state index contributed by atoms with van der Waals surface area (Å²) in [5.74, 6) is -0.620. The van der Waals surface area contributed by atoms with E-state index in [1.807, 2.05) is 54.7 Å². The number of carbonyl (C=O) groups is 1. The van der Waals surface area contributed by atoms with E-state index in [-0.39, 0.29) is 18.2 Å². The summed E-state index contributed by atoms with van der Waals surface area (Å²) in [5, 5.41) is 5.90. The second-order valence-electron chi connectivity index (χ2n) is 8.19. The van der Waals surface area contributed by atoms with Crippen molar-refractivity contribution < 1.29 is 13.2 Å². The van der Waals surface area contributed by atoms with Crippen LogP contribution in [0.1, 0.15) is 30.9 Å². The molecule has 7 nitrogen and oxygen atoms in total. The summed E-state index contributed by atoms with van der Waals surface area (Å²) in [4.78, 5) is 12.6. The SMILES string of the molecule is CCS(=O)(=O)N1CCCC(C(=O)NN=Cc2cn(Cc3cccc(Cl)c3)c3ccccc23)C1. The monoisotopic (exact) mass is 486 g/mol. The highest BCUT2D eigenvalue weighted by Crippen LogP contribution is 2.23. The van der Waals surface area contributed by atoms with Crippen molar-refractivity contribution in [2.24, 2.45) is 11.0 Å². The quantitative estimate of drug-likeness (QED) is 0.406. The number of halogens is 1. The predicted octanol–water partition coefficient (Wildman–Crippen LogP) is 3.85. The number of para-hydroxylation sites is 1. The van der Waals surface area contributed by atoms with Crippen molar-refractivity contribution in [3.8, 4) is 0 Å². The molecule has 2 aromatic carbocycles. The molecule has 2 heterocycles. The van der Waals surface area contributed by atoms with Gasteiger partial charge in [-0.05, 0) is 43.5 Å². The van der Waals surface area contributed by atoms with E-state index in [4.69, 9.17) is 11.6 Å². The van der Waals surface area contributed by atoms with Gasteiger partial charge in [0.2, 0.25) is 15.9 Å². The predicted molar refractivity (Wildman–Crippen MR) is 132 cm³/mol.